The fraction of sp³-hybridized carbons (Fsp3) is 0.714. The maximum absolute atomic E-state index is 4.71. The lowest BCUT2D eigenvalue weighted by Crippen LogP contribution is -2.42. The number of piperidine rings is 1. The molecule has 1 fully saturated rings. The molecule has 4 nitrogen and oxygen atoms in total. The molecular weight excluding hydrogens is 256 g/mol. The van der Waals surface area contributed by atoms with Crippen LogP contribution in [0.3, 0.4) is 0 Å². The van der Waals surface area contributed by atoms with E-state index in [1.807, 2.05) is 6.26 Å². The number of aromatic nitrogens is 2. The van der Waals surface area contributed by atoms with Crippen LogP contribution < -0.4 is 4.90 Å². The van der Waals surface area contributed by atoms with Gasteiger partial charge in [-0.1, -0.05) is 11.8 Å². The first-order valence-corrected chi connectivity index (χ1v) is 8.06. The molecule has 0 unspecified atom stereocenters. The van der Waals surface area contributed by atoms with Crippen LogP contribution in [0, 0.1) is 13.8 Å². The van der Waals surface area contributed by atoms with E-state index >= 15 is 0 Å². The number of nitrogens with zero attached hydrogens (tertiary/aromatic N) is 4. The molecule has 1 aromatic rings. The van der Waals surface area contributed by atoms with Crippen LogP contribution in [-0.4, -0.2) is 54.4 Å². The van der Waals surface area contributed by atoms with Crippen molar-refractivity contribution in [1.29, 1.82) is 0 Å². The fourth-order valence-electron chi connectivity index (χ4n) is 2.58. The molecule has 1 aliphatic heterocycles. The maximum Gasteiger partial charge on any atom is 0.189 e. The van der Waals surface area contributed by atoms with Crippen LogP contribution >= 0.6 is 11.8 Å². The van der Waals surface area contributed by atoms with E-state index in [-0.39, 0.29) is 0 Å². The number of anilines is 1. The third kappa shape index (κ3) is 3.20. The maximum atomic E-state index is 4.71. The summed E-state index contributed by atoms with van der Waals surface area (Å²) < 4.78 is 0. The van der Waals surface area contributed by atoms with E-state index < -0.39 is 0 Å². The van der Waals surface area contributed by atoms with Crippen molar-refractivity contribution in [3.05, 3.63) is 11.3 Å². The second-order valence-corrected chi connectivity index (χ2v) is 6.20. The van der Waals surface area contributed by atoms with E-state index in [2.05, 4.69) is 42.7 Å². The molecule has 106 valence electrons. The lowest BCUT2D eigenvalue weighted by Gasteiger charge is -2.36. The zero-order valence-corrected chi connectivity index (χ0v) is 13.4. The monoisotopic (exact) mass is 280 g/mol. The van der Waals surface area contributed by atoms with Crippen molar-refractivity contribution in [3.63, 3.8) is 0 Å². The highest BCUT2D eigenvalue weighted by Gasteiger charge is 2.23. The molecule has 0 atom stereocenters. The van der Waals surface area contributed by atoms with Crippen molar-refractivity contribution in [2.75, 3.05) is 38.3 Å². The van der Waals surface area contributed by atoms with Gasteiger partial charge in [0.1, 0.15) is 5.82 Å². The number of thioether (sulfide) groups is 1. The Morgan fingerprint density at radius 3 is 2.32 bits per heavy atom. The topological polar surface area (TPSA) is 32.3 Å². The van der Waals surface area contributed by atoms with E-state index in [0.29, 0.717) is 6.04 Å². The van der Waals surface area contributed by atoms with Crippen molar-refractivity contribution in [2.24, 2.45) is 0 Å². The Labute approximate surface area is 120 Å². The van der Waals surface area contributed by atoms with E-state index in [4.69, 9.17) is 4.98 Å². The Morgan fingerprint density at radius 2 is 1.79 bits per heavy atom. The first kappa shape index (κ1) is 14.6. The van der Waals surface area contributed by atoms with Crippen LogP contribution in [-0.2, 0) is 0 Å². The van der Waals surface area contributed by atoms with Crippen LogP contribution in [0.15, 0.2) is 5.16 Å². The summed E-state index contributed by atoms with van der Waals surface area (Å²) in [4.78, 5) is 14.0. The molecule has 0 radical (unpaired) electrons. The first-order chi connectivity index (χ1) is 9.02. The van der Waals surface area contributed by atoms with E-state index in [1.54, 1.807) is 11.8 Å². The van der Waals surface area contributed by atoms with Gasteiger partial charge in [-0.15, -0.1) is 0 Å². The summed E-state index contributed by atoms with van der Waals surface area (Å²) in [5.74, 6) is 1.13. The molecule has 0 aliphatic carbocycles. The number of hydrogen-bond donors (Lipinski definition) is 0. The number of aryl methyl sites for hydroxylation is 1. The van der Waals surface area contributed by atoms with Gasteiger partial charge in [-0.3, -0.25) is 0 Å². The Hall–Kier alpha value is -0.810. The largest absolute Gasteiger partial charge is 0.356 e. The van der Waals surface area contributed by atoms with Crippen LogP contribution in [0.25, 0.3) is 0 Å². The first-order valence-electron chi connectivity index (χ1n) is 6.83. The minimum atomic E-state index is 0.708. The highest BCUT2D eigenvalue weighted by atomic mass is 32.2. The average molecular weight is 280 g/mol. The van der Waals surface area contributed by atoms with Crippen molar-refractivity contribution in [1.82, 2.24) is 14.9 Å². The molecular formula is C14H24N4S. The Kier molecular flexibility index (Phi) is 4.68. The summed E-state index contributed by atoms with van der Waals surface area (Å²) in [7, 11) is 4.35. The van der Waals surface area contributed by atoms with Crippen molar-refractivity contribution in [2.45, 2.75) is 37.9 Å². The standard InChI is InChI=1S/C14H24N4S/c1-10-11(2)15-14(19-5)16-13(10)18-8-6-12(7-9-18)17(3)4/h12H,6-9H2,1-5H3. The van der Waals surface area contributed by atoms with Gasteiger partial charge < -0.3 is 9.80 Å². The smallest absolute Gasteiger partial charge is 0.189 e. The van der Waals surface area contributed by atoms with Gasteiger partial charge in [0.05, 0.1) is 0 Å². The molecule has 0 N–H and O–H groups in total. The Bertz CT molecular complexity index is 439. The van der Waals surface area contributed by atoms with Gasteiger partial charge in [0.25, 0.3) is 0 Å². The molecule has 2 rings (SSSR count). The number of hydrogen-bond acceptors (Lipinski definition) is 5. The van der Waals surface area contributed by atoms with Gasteiger partial charge in [0, 0.05) is 30.4 Å². The van der Waals surface area contributed by atoms with E-state index in [1.165, 1.54) is 18.4 Å². The molecule has 0 spiro atoms. The molecule has 2 heterocycles. The van der Waals surface area contributed by atoms with E-state index in [9.17, 15) is 0 Å². The van der Waals surface area contributed by atoms with Crippen LogP contribution in [0.1, 0.15) is 24.1 Å². The molecule has 0 bridgehead atoms. The third-order valence-corrected chi connectivity index (χ3v) is 4.57. The number of rotatable bonds is 3. The van der Waals surface area contributed by atoms with Crippen molar-refractivity contribution in [3.8, 4) is 0 Å². The second kappa shape index (κ2) is 6.09. The van der Waals surface area contributed by atoms with Crippen molar-refractivity contribution >= 4 is 17.6 Å². The van der Waals surface area contributed by atoms with Crippen molar-refractivity contribution < 1.29 is 0 Å². The summed E-state index contributed by atoms with van der Waals surface area (Å²) in [5.41, 5.74) is 2.32. The zero-order valence-electron chi connectivity index (χ0n) is 12.6. The summed E-state index contributed by atoms with van der Waals surface area (Å²) in [5, 5.41) is 0.882. The molecule has 0 saturated carbocycles. The predicted octanol–water partition coefficient (Wildman–Crippen LogP) is 2.35. The fourth-order valence-corrected chi connectivity index (χ4v) is 2.99. The summed E-state index contributed by atoms with van der Waals surface area (Å²) in [6.07, 6.45) is 4.46. The Balaban J connectivity index is 2.17. The average Bonchev–Trinajstić information content (AvgIpc) is 2.41. The molecule has 0 amide bonds. The van der Waals surface area contributed by atoms with Crippen LogP contribution in [0.2, 0.25) is 0 Å². The minimum Gasteiger partial charge on any atom is -0.356 e. The zero-order chi connectivity index (χ0) is 14.0. The van der Waals surface area contributed by atoms with Gasteiger partial charge in [-0.2, -0.15) is 0 Å². The highest BCUT2D eigenvalue weighted by Crippen LogP contribution is 2.26. The van der Waals surface area contributed by atoms with Gasteiger partial charge in [-0.05, 0) is 47.0 Å². The molecule has 0 aromatic carbocycles. The molecule has 1 saturated heterocycles. The summed E-state index contributed by atoms with van der Waals surface area (Å²) in [6.45, 7) is 6.39. The van der Waals surface area contributed by atoms with Gasteiger partial charge >= 0.3 is 0 Å². The van der Waals surface area contributed by atoms with Crippen LogP contribution in [0.5, 0.6) is 0 Å². The lowest BCUT2D eigenvalue weighted by molar-refractivity contribution is 0.249. The third-order valence-electron chi connectivity index (χ3n) is 4.02. The lowest BCUT2D eigenvalue weighted by atomic mass is 10.0. The minimum absolute atomic E-state index is 0.708. The molecule has 19 heavy (non-hydrogen) atoms. The second-order valence-electron chi connectivity index (χ2n) is 5.43. The van der Waals surface area contributed by atoms with Gasteiger partial charge in [0.2, 0.25) is 0 Å². The molecule has 1 aliphatic rings. The molecule has 1 aromatic heterocycles. The van der Waals surface area contributed by atoms with Gasteiger partial charge in [-0.25, -0.2) is 9.97 Å². The SMILES string of the molecule is CSc1nc(C)c(C)c(N2CCC(N(C)C)CC2)n1. The van der Waals surface area contributed by atoms with Crippen LogP contribution in [0.4, 0.5) is 5.82 Å². The highest BCUT2D eigenvalue weighted by molar-refractivity contribution is 7.98. The Morgan fingerprint density at radius 1 is 1.16 bits per heavy atom. The summed E-state index contributed by atoms with van der Waals surface area (Å²) in [6, 6.07) is 0.708. The molecule has 5 heteroatoms. The van der Waals surface area contributed by atoms with Gasteiger partial charge in [0.15, 0.2) is 5.16 Å². The predicted molar refractivity (Wildman–Crippen MR) is 82.2 cm³/mol. The van der Waals surface area contributed by atoms with E-state index in [0.717, 1.165) is 29.8 Å². The normalized spacial score (nSPS) is 17.3. The summed E-state index contributed by atoms with van der Waals surface area (Å²) >= 11 is 1.62. The quantitative estimate of drug-likeness (QED) is 0.627.